The molecule has 3 N–H and O–H groups in total. The zero-order chi connectivity index (χ0) is 21.5. The first kappa shape index (κ1) is 21.1. The highest BCUT2D eigenvalue weighted by Crippen LogP contribution is 2.32. The number of aliphatic hydroxyl groups excluding tert-OH is 1. The Labute approximate surface area is 174 Å². The van der Waals surface area contributed by atoms with Gasteiger partial charge in [0.05, 0.1) is 12.1 Å². The van der Waals surface area contributed by atoms with E-state index in [2.05, 4.69) is 5.10 Å². The standard InChI is InChI=1S/C20H25ClN4O4/c1-11-9-24(19(28)29-20(2,3)4)10-14-18(27)25(14)23-16(15(11)17(22)26)12-6-5-7-13(21)8-12/h5-8,14,18,27H,9-10H2,1-4H3,(H2,22,26)/b15-11-,23-16-. The van der Waals surface area contributed by atoms with E-state index >= 15 is 0 Å². The zero-order valence-electron chi connectivity index (χ0n) is 16.8. The van der Waals surface area contributed by atoms with Gasteiger partial charge >= 0.3 is 6.09 Å². The summed E-state index contributed by atoms with van der Waals surface area (Å²) >= 11 is 6.12. The first-order chi connectivity index (χ1) is 13.5. The van der Waals surface area contributed by atoms with E-state index in [-0.39, 0.29) is 18.7 Å². The highest BCUT2D eigenvalue weighted by molar-refractivity contribution is 6.32. The van der Waals surface area contributed by atoms with Gasteiger partial charge in [0.1, 0.15) is 17.4 Å². The van der Waals surface area contributed by atoms with Crippen molar-refractivity contribution in [2.75, 3.05) is 13.1 Å². The van der Waals surface area contributed by atoms with E-state index in [1.54, 1.807) is 52.0 Å². The average Bonchev–Trinajstić information content (AvgIpc) is 3.17. The van der Waals surface area contributed by atoms with Gasteiger partial charge in [-0.3, -0.25) is 9.80 Å². The van der Waals surface area contributed by atoms with Crippen molar-refractivity contribution in [2.45, 2.75) is 45.6 Å². The number of halogens is 1. The maximum absolute atomic E-state index is 12.7. The van der Waals surface area contributed by atoms with Crippen LogP contribution in [0, 0.1) is 0 Å². The molecule has 1 saturated heterocycles. The Morgan fingerprint density at radius 2 is 2.03 bits per heavy atom. The second-order valence-electron chi connectivity index (χ2n) is 8.20. The van der Waals surface area contributed by atoms with Crippen LogP contribution in [0.5, 0.6) is 0 Å². The average molecular weight is 421 g/mol. The summed E-state index contributed by atoms with van der Waals surface area (Å²) in [6, 6.07) is 6.47. The topological polar surface area (TPSA) is 108 Å². The number of rotatable bonds is 2. The molecule has 0 bridgehead atoms. The van der Waals surface area contributed by atoms with Crippen LogP contribution in [-0.2, 0) is 9.53 Å². The Morgan fingerprint density at radius 3 is 2.62 bits per heavy atom. The molecular weight excluding hydrogens is 396 g/mol. The minimum atomic E-state index is -0.873. The molecule has 29 heavy (non-hydrogen) atoms. The van der Waals surface area contributed by atoms with Crippen molar-refractivity contribution in [1.82, 2.24) is 9.91 Å². The maximum atomic E-state index is 12.7. The van der Waals surface area contributed by atoms with E-state index < -0.39 is 29.9 Å². The Morgan fingerprint density at radius 1 is 1.34 bits per heavy atom. The normalized spacial score (nSPS) is 26.5. The molecule has 0 aliphatic carbocycles. The van der Waals surface area contributed by atoms with Gasteiger partial charge in [-0.15, -0.1) is 0 Å². The van der Waals surface area contributed by atoms with Crippen molar-refractivity contribution in [1.29, 1.82) is 0 Å². The molecule has 2 aliphatic rings. The van der Waals surface area contributed by atoms with E-state index in [1.807, 2.05) is 0 Å². The first-order valence-electron chi connectivity index (χ1n) is 9.26. The van der Waals surface area contributed by atoms with E-state index in [0.717, 1.165) is 0 Å². The molecule has 8 nitrogen and oxygen atoms in total. The number of amides is 2. The molecule has 1 aromatic rings. The third-order valence-electron chi connectivity index (χ3n) is 4.58. The molecule has 2 unspecified atom stereocenters. The molecule has 156 valence electrons. The van der Waals surface area contributed by atoms with Crippen molar-refractivity contribution in [3.05, 3.63) is 46.0 Å². The molecule has 3 rings (SSSR count). The van der Waals surface area contributed by atoms with Crippen molar-refractivity contribution in [2.24, 2.45) is 10.8 Å². The molecule has 1 fully saturated rings. The number of hydrogen-bond donors (Lipinski definition) is 2. The summed E-state index contributed by atoms with van der Waals surface area (Å²) in [6.45, 7) is 7.36. The Balaban J connectivity index is 2.07. The maximum Gasteiger partial charge on any atom is 0.410 e. The summed E-state index contributed by atoms with van der Waals surface area (Å²) in [7, 11) is 0. The minimum absolute atomic E-state index is 0.115. The predicted octanol–water partition coefficient (Wildman–Crippen LogP) is 2.10. The summed E-state index contributed by atoms with van der Waals surface area (Å²) in [6.07, 6.45) is -1.41. The van der Waals surface area contributed by atoms with Crippen molar-refractivity contribution in [3.63, 3.8) is 0 Å². The number of ether oxygens (including phenoxy) is 1. The van der Waals surface area contributed by atoms with Crippen molar-refractivity contribution >= 4 is 29.3 Å². The molecule has 2 atom stereocenters. The van der Waals surface area contributed by atoms with Gasteiger partial charge in [0, 0.05) is 17.1 Å². The monoisotopic (exact) mass is 420 g/mol. The Kier molecular flexibility index (Phi) is 5.60. The second-order valence-corrected chi connectivity index (χ2v) is 8.64. The van der Waals surface area contributed by atoms with Crippen molar-refractivity contribution < 1.29 is 19.4 Å². The molecule has 9 heteroatoms. The summed E-state index contributed by atoms with van der Waals surface area (Å²) < 4.78 is 5.48. The fourth-order valence-electron chi connectivity index (χ4n) is 3.22. The molecule has 2 amide bonds. The fraction of sp³-hybridized carbons (Fsp3) is 0.450. The SMILES string of the molecule is C/C1=C(C(N)=O)\C(c2cccc(Cl)c2)=N/N2C(O)C2CN(C(=O)OC(C)(C)C)C1. The fourth-order valence-corrected chi connectivity index (χ4v) is 3.41. The predicted molar refractivity (Wildman–Crippen MR) is 109 cm³/mol. The highest BCUT2D eigenvalue weighted by Gasteiger charge is 2.49. The third-order valence-corrected chi connectivity index (χ3v) is 4.81. The molecule has 0 aromatic heterocycles. The van der Waals surface area contributed by atoms with Crippen LogP contribution in [0.25, 0.3) is 0 Å². The molecule has 0 spiro atoms. The quantitative estimate of drug-likeness (QED) is 0.712. The van der Waals surface area contributed by atoms with Gasteiger partial charge in [-0.25, -0.2) is 4.79 Å². The number of carbonyl (C=O) groups is 2. The van der Waals surface area contributed by atoms with Crippen LogP contribution in [0.15, 0.2) is 40.5 Å². The van der Waals surface area contributed by atoms with Crippen LogP contribution in [0.2, 0.25) is 5.02 Å². The van der Waals surface area contributed by atoms with Crippen LogP contribution in [0.3, 0.4) is 0 Å². The summed E-state index contributed by atoms with van der Waals surface area (Å²) in [4.78, 5) is 26.5. The van der Waals surface area contributed by atoms with E-state index in [1.165, 1.54) is 9.91 Å². The lowest BCUT2D eigenvalue weighted by Crippen LogP contribution is -2.40. The van der Waals surface area contributed by atoms with Crippen LogP contribution in [-0.4, -0.2) is 63.7 Å². The minimum Gasteiger partial charge on any atom is -0.444 e. The van der Waals surface area contributed by atoms with Gasteiger partial charge < -0.3 is 20.5 Å². The highest BCUT2D eigenvalue weighted by atomic mass is 35.5. The van der Waals surface area contributed by atoms with Gasteiger partial charge in [0.2, 0.25) is 0 Å². The van der Waals surface area contributed by atoms with Crippen LogP contribution < -0.4 is 5.73 Å². The lowest BCUT2D eigenvalue weighted by Gasteiger charge is -2.27. The van der Waals surface area contributed by atoms with E-state index in [4.69, 9.17) is 22.1 Å². The number of carbonyl (C=O) groups excluding carboxylic acids is 2. The molecule has 2 heterocycles. The number of primary amides is 1. The summed E-state index contributed by atoms with van der Waals surface area (Å²) in [5.41, 5.74) is 6.66. The number of aliphatic hydroxyl groups is 1. The Bertz CT molecular complexity index is 906. The largest absolute Gasteiger partial charge is 0.444 e. The summed E-state index contributed by atoms with van der Waals surface area (Å²) in [5.74, 6) is -0.680. The van der Waals surface area contributed by atoms with Crippen LogP contribution in [0.1, 0.15) is 33.3 Å². The van der Waals surface area contributed by atoms with Crippen LogP contribution >= 0.6 is 11.6 Å². The number of benzene rings is 1. The van der Waals surface area contributed by atoms with Gasteiger partial charge in [-0.2, -0.15) is 5.10 Å². The van der Waals surface area contributed by atoms with Crippen LogP contribution in [0.4, 0.5) is 4.79 Å². The Hall–Kier alpha value is -2.58. The molecule has 1 aromatic carbocycles. The van der Waals surface area contributed by atoms with Gasteiger partial charge in [0.25, 0.3) is 5.91 Å². The molecular formula is C20H25ClN4O4. The lowest BCUT2D eigenvalue weighted by molar-refractivity contribution is -0.114. The van der Waals surface area contributed by atoms with E-state index in [9.17, 15) is 14.7 Å². The van der Waals surface area contributed by atoms with Crippen molar-refractivity contribution in [3.8, 4) is 0 Å². The molecule has 0 saturated carbocycles. The number of nitrogens with two attached hydrogens (primary N) is 1. The number of fused-ring (bicyclic) bond motifs is 1. The van der Waals surface area contributed by atoms with Gasteiger partial charge in [0.15, 0.2) is 6.23 Å². The molecule has 2 aliphatic heterocycles. The number of hydrogen-bond acceptors (Lipinski definition) is 6. The second kappa shape index (κ2) is 7.68. The van der Waals surface area contributed by atoms with E-state index in [0.29, 0.717) is 21.9 Å². The smallest absolute Gasteiger partial charge is 0.410 e. The lowest BCUT2D eigenvalue weighted by atomic mass is 9.97. The number of hydrazone groups is 1. The molecule has 0 radical (unpaired) electrons. The van der Waals surface area contributed by atoms with Gasteiger partial charge in [-0.05, 0) is 45.4 Å². The first-order valence-corrected chi connectivity index (χ1v) is 9.64. The third kappa shape index (κ3) is 4.71. The zero-order valence-corrected chi connectivity index (χ0v) is 17.6. The van der Waals surface area contributed by atoms with Gasteiger partial charge in [-0.1, -0.05) is 23.7 Å². The number of nitrogens with zero attached hydrogens (tertiary/aromatic N) is 3. The summed E-state index contributed by atoms with van der Waals surface area (Å²) in [5, 5.41) is 16.7.